The van der Waals surface area contributed by atoms with E-state index in [2.05, 4.69) is 31.3 Å². The van der Waals surface area contributed by atoms with Crippen molar-refractivity contribution in [3.05, 3.63) is 29.8 Å². The molecule has 0 fully saturated rings. The van der Waals surface area contributed by atoms with Crippen molar-refractivity contribution < 1.29 is 9.84 Å². The maximum atomic E-state index is 9.09. The van der Waals surface area contributed by atoms with Crippen molar-refractivity contribution >= 4 is 0 Å². The monoisotopic (exact) mass is 265 g/mol. The van der Waals surface area contributed by atoms with Crippen molar-refractivity contribution in [1.82, 2.24) is 5.32 Å². The molecular weight excluding hydrogens is 238 g/mol. The highest BCUT2D eigenvalue weighted by Crippen LogP contribution is 2.17. The number of hydrogen-bond donors (Lipinski definition) is 2. The molecule has 1 unspecified atom stereocenters. The molecule has 0 aliphatic carbocycles. The van der Waals surface area contributed by atoms with E-state index in [0.29, 0.717) is 0 Å². The second kappa shape index (κ2) is 7.51. The molecule has 0 saturated heterocycles. The van der Waals surface area contributed by atoms with Crippen LogP contribution < -0.4 is 10.1 Å². The van der Waals surface area contributed by atoms with Gasteiger partial charge in [0.1, 0.15) is 5.75 Å². The maximum Gasteiger partial charge on any atom is 0.119 e. The first-order valence-corrected chi connectivity index (χ1v) is 7.10. The Morgan fingerprint density at radius 2 is 1.89 bits per heavy atom. The summed E-state index contributed by atoms with van der Waals surface area (Å²) in [5.74, 6) is 0.910. The number of aliphatic hydroxyl groups is 1. The molecule has 3 nitrogen and oxygen atoms in total. The van der Waals surface area contributed by atoms with Crippen LogP contribution in [0.25, 0.3) is 0 Å². The Bertz CT molecular complexity index is 362. The SMILES string of the molecule is CCC(C)(CCO)NCc1ccc(OC(C)C)cc1. The van der Waals surface area contributed by atoms with Crippen molar-refractivity contribution in [2.45, 2.75) is 58.7 Å². The summed E-state index contributed by atoms with van der Waals surface area (Å²) in [5, 5.41) is 12.6. The number of aliphatic hydroxyl groups excluding tert-OH is 1. The van der Waals surface area contributed by atoms with Crippen LogP contribution in [-0.4, -0.2) is 23.4 Å². The van der Waals surface area contributed by atoms with Gasteiger partial charge in [-0.05, 0) is 51.3 Å². The zero-order valence-electron chi connectivity index (χ0n) is 12.6. The van der Waals surface area contributed by atoms with Gasteiger partial charge < -0.3 is 15.2 Å². The molecule has 1 rings (SSSR count). The van der Waals surface area contributed by atoms with Crippen LogP contribution >= 0.6 is 0 Å². The van der Waals surface area contributed by atoms with Crippen LogP contribution in [0.3, 0.4) is 0 Å². The van der Waals surface area contributed by atoms with E-state index in [0.717, 1.165) is 25.1 Å². The quantitative estimate of drug-likeness (QED) is 0.759. The van der Waals surface area contributed by atoms with Gasteiger partial charge in [0.25, 0.3) is 0 Å². The number of benzene rings is 1. The van der Waals surface area contributed by atoms with Gasteiger partial charge in [-0.3, -0.25) is 0 Å². The van der Waals surface area contributed by atoms with E-state index in [1.165, 1.54) is 5.56 Å². The van der Waals surface area contributed by atoms with E-state index in [4.69, 9.17) is 9.84 Å². The minimum Gasteiger partial charge on any atom is -0.491 e. The first-order chi connectivity index (χ1) is 8.99. The standard InChI is InChI=1S/C16H27NO2/c1-5-16(4,10-11-18)17-12-14-6-8-15(9-7-14)19-13(2)3/h6-9,13,17-18H,5,10-12H2,1-4H3. The van der Waals surface area contributed by atoms with Crippen LogP contribution in [0.4, 0.5) is 0 Å². The largest absolute Gasteiger partial charge is 0.491 e. The highest BCUT2D eigenvalue weighted by molar-refractivity contribution is 5.27. The van der Waals surface area contributed by atoms with Gasteiger partial charge in [-0.25, -0.2) is 0 Å². The predicted molar refractivity (Wildman–Crippen MR) is 79.4 cm³/mol. The molecule has 0 aliphatic rings. The van der Waals surface area contributed by atoms with Gasteiger partial charge in [0.05, 0.1) is 6.10 Å². The van der Waals surface area contributed by atoms with E-state index < -0.39 is 0 Å². The fourth-order valence-electron chi connectivity index (χ4n) is 1.91. The summed E-state index contributed by atoms with van der Waals surface area (Å²) in [6.07, 6.45) is 1.98. The summed E-state index contributed by atoms with van der Waals surface area (Å²) in [6.45, 7) is 9.38. The number of hydrogen-bond acceptors (Lipinski definition) is 3. The second-order valence-corrected chi connectivity index (χ2v) is 5.55. The van der Waals surface area contributed by atoms with E-state index in [1.54, 1.807) is 0 Å². The Kier molecular flexibility index (Phi) is 6.32. The van der Waals surface area contributed by atoms with Crippen molar-refractivity contribution in [3.63, 3.8) is 0 Å². The molecule has 0 aromatic heterocycles. The Hall–Kier alpha value is -1.06. The van der Waals surface area contributed by atoms with Crippen LogP contribution in [0.15, 0.2) is 24.3 Å². The van der Waals surface area contributed by atoms with Crippen LogP contribution in [-0.2, 0) is 6.54 Å². The minimum absolute atomic E-state index is 0.00184. The fraction of sp³-hybridized carbons (Fsp3) is 0.625. The molecule has 1 aromatic carbocycles. The van der Waals surface area contributed by atoms with Crippen molar-refractivity contribution in [2.24, 2.45) is 0 Å². The lowest BCUT2D eigenvalue weighted by molar-refractivity contribution is 0.214. The molecule has 19 heavy (non-hydrogen) atoms. The third-order valence-electron chi connectivity index (χ3n) is 3.46. The molecule has 108 valence electrons. The maximum absolute atomic E-state index is 9.09. The van der Waals surface area contributed by atoms with Crippen LogP contribution in [0, 0.1) is 0 Å². The minimum atomic E-state index is 0.00184. The van der Waals surface area contributed by atoms with Crippen LogP contribution in [0.5, 0.6) is 5.75 Å². The first-order valence-electron chi connectivity index (χ1n) is 7.10. The highest BCUT2D eigenvalue weighted by atomic mass is 16.5. The van der Waals surface area contributed by atoms with Gasteiger partial charge in [-0.15, -0.1) is 0 Å². The van der Waals surface area contributed by atoms with Gasteiger partial charge in [0.15, 0.2) is 0 Å². The van der Waals surface area contributed by atoms with Gasteiger partial charge in [0, 0.05) is 18.7 Å². The Labute approximate surface area is 117 Å². The summed E-state index contributed by atoms with van der Waals surface area (Å²) < 4.78 is 5.62. The molecule has 0 heterocycles. The van der Waals surface area contributed by atoms with Crippen molar-refractivity contribution in [1.29, 1.82) is 0 Å². The van der Waals surface area contributed by atoms with Crippen molar-refractivity contribution in [2.75, 3.05) is 6.61 Å². The first kappa shape index (κ1) is 16.0. The average Bonchev–Trinajstić information content (AvgIpc) is 2.38. The van der Waals surface area contributed by atoms with E-state index in [1.807, 2.05) is 26.0 Å². The van der Waals surface area contributed by atoms with Gasteiger partial charge in [0.2, 0.25) is 0 Å². The average molecular weight is 265 g/mol. The lowest BCUT2D eigenvalue weighted by Gasteiger charge is -2.29. The van der Waals surface area contributed by atoms with Gasteiger partial charge in [-0.2, -0.15) is 0 Å². The zero-order chi connectivity index (χ0) is 14.3. The summed E-state index contributed by atoms with van der Waals surface area (Å²) >= 11 is 0. The topological polar surface area (TPSA) is 41.5 Å². The smallest absolute Gasteiger partial charge is 0.119 e. The fourth-order valence-corrected chi connectivity index (χ4v) is 1.91. The second-order valence-electron chi connectivity index (χ2n) is 5.55. The third-order valence-corrected chi connectivity index (χ3v) is 3.46. The summed E-state index contributed by atoms with van der Waals surface area (Å²) in [5.41, 5.74) is 1.23. The molecule has 0 aliphatic heterocycles. The molecule has 0 spiro atoms. The molecule has 2 N–H and O–H groups in total. The lowest BCUT2D eigenvalue weighted by atomic mass is 9.94. The van der Waals surface area contributed by atoms with Gasteiger partial charge >= 0.3 is 0 Å². The molecule has 0 amide bonds. The summed E-state index contributed by atoms with van der Waals surface area (Å²) in [6, 6.07) is 8.18. The van der Waals surface area contributed by atoms with Crippen LogP contribution in [0.1, 0.15) is 46.1 Å². The zero-order valence-corrected chi connectivity index (χ0v) is 12.6. The van der Waals surface area contributed by atoms with Crippen molar-refractivity contribution in [3.8, 4) is 5.75 Å². The Balaban J connectivity index is 2.53. The van der Waals surface area contributed by atoms with Crippen LogP contribution in [0.2, 0.25) is 0 Å². The normalized spacial score (nSPS) is 14.4. The summed E-state index contributed by atoms with van der Waals surface area (Å²) in [4.78, 5) is 0. The van der Waals surface area contributed by atoms with Gasteiger partial charge in [-0.1, -0.05) is 19.1 Å². The number of ether oxygens (including phenoxy) is 1. The molecular formula is C16H27NO2. The molecule has 0 saturated carbocycles. The lowest BCUT2D eigenvalue weighted by Crippen LogP contribution is -2.42. The Morgan fingerprint density at radius 1 is 1.26 bits per heavy atom. The number of rotatable bonds is 8. The Morgan fingerprint density at radius 3 is 2.37 bits per heavy atom. The van der Waals surface area contributed by atoms with E-state index >= 15 is 0 Å². The molecule has 0 bridgehead atoms. The molecule has 3 heteroatoms. The molecule has 0 radical (unpaired) electrons. The predicted octanol–water partition coefficient (Wildman–Crippen LogP) is 3.11. The summed E-state index contributed by atoms with van der Waals surface area (Å²) in [7, 11) is 0. The molecule has 1 aromatic rings. The highest BCUT2D eigenvalue weighted by Gasteiger charge is 2.20. The van der Waals surface area contributed by atoms with E-state index in [9.17, 15) is 0 Å². The van der Waals surface area contributed by atoms with E-state index in [-0.39, 0.29) is 18.2 Å². The number of nitrogens with one attached hydrogen (secondary N) is 1. The third kappa shape index (κ3) is 5.62. The molecule has 1 atom stereocenters.